The van der Waals surface area contributed by atoms with Crippen molar-refractivity contribution in [2.75, 3.05) is 39.3 Å². The van der Waals surface area contributed by atoms with Crippen molar-refractivity contribution in [3.8, 4) is 17.2 Å². The van der Waals surface area contributed by atoms with E-state index in [4.69, 9.17) is 9.47 Å². The van der Waals surface area contributed by atoms with Crippen LogP contribution >= 0.6 is 0 Å². The van der Waals surface area contributed by atoms with Gasteiger partial charge in [-0.15, -0.1) is 0 Å². The number of H-pyrrole nitrogens is 1. The number of hydrogen-bond acceptors (Lipinski definition) is 8. The molecule has 0 saturated carbocycles. The molecule has 1 aliphatic rings. The van der Waals surface area contributed by atoms with Crippen LogP contribution in [-0.4, -0.2) is 66.2 Å². The van der Waals surface area contributed by atoms with Crippen molar-refractivity contribution in [3.05, 3.63) is 51.8 Å². The van der Waals surface area contributed by atoms with E-state index in [1.54, 1.807) is 6.07 Å². The Labute approximate surface area is 198 Å². The fraction of sp³-hybridized carbons (Fsp3) is 0.400. The fourth-order valence-electron chi connectivity index (χ4n) is 4.35. The Morgan fingerprint density at radius 3 is 2.68 bits per heavy atom. The van der Waals surface area contributed by atoms with Gasteiger partial charge in [0.15, 0.2) is 11.5 Å². The predicted molar refractivity (Wildman–Crippen MR) is 134 cm³/mol. The number of benzene rings is 2. The SMILES string of the molecule is COc1cc2nc(N(C)Cc3cccc(CC4=NCCN4C(C)C)c3)[nH]c(=O)c2c(O)c1OC. The number of nitrogens with zero attached hydrogens (tertiary/aromatic N) is 4. The molecular formula is C25H31N5O4. The van der Waals surface area contributed by atoms with Gasteiger partial charge in [0.1, 0.15) is 11.2 Å². The maximum absolute atomic E-state index is 12.8. The molecule has 0 bridgehead atoms. The van der Waals surface area contributed by atoms with Crippen molar-refractivity contribution in [1.29, 1.82) is 0 Å². The molecule has 0 amide bonds. The van der Waals surface area contributed by atoms with Crippen molar-refractivity contribution >= 4 is 22.7 Å². The average molecular weight is 466 g/mol. The van der Waals surface area contributed by atoms with E-state index in [9.17, 15) is 9.90 Å². The van der Waals surface area contributed by atoms with Crippen LogP contribution in [0.3, 0.4) is 0 Å². The lowest BCUT2D eigenvalue weighted by molar-refractivity contribution is 0.335. The first-order valence-electron chi connectivity index (χ1n) is 11.3. The highest BCUT2D eigenvalue weighted by molar-refractivity contribution is 5.90. The summed E-state index contributed by atoms with van der Waals surface area (Å²) in [4.78, 5) is 29.0. The first kappa shape index (κ1) is 23.4. The van der Waals surface area contributed by atoms with E-state index in [0.717, 1.165) is 30.9 Å². The number of methoxy groups -OCH3 is 2. The molecule has 9 nitrogen and oxygen atoms in total. The summed E-state index contributed by atoms with van der Waals surface area (Å²) in [6.45, 7) is 6.75. The van der Waals surface area contributed by atoms with Gasteiger partial charge in [0, 0.05) is 38.7 Å². The van der Waals surface area contributed by atoms with Crippen LogP contribution in [0.15, 0.2) is 40.1 Å². The van der Waals surface area contributed by atoms with Crippen molar-refractivity contribution in [3.63, 3.8) is 0 Å². The molecule has 3 aromatic rings. The molecule has 2 aromatic carbocycles. The number of aromatic amines is 1. The van der Waals surface area contributed by atoms with E-state index in [1.807, 2.05) is 18.0 Å². The maximum Gasteiger partial charge on any atom is 0.264 e. The number of hydrogen-bond donors (Lipinski definition) is 2. The van der Waals surface area contributed by atoms with E-state index < -0.39 is 5.56 Å². The highest BCUT2D eigenvalue weighted by Gasteiger charge is 2.21. The Morgan fingerprint density at radius 1 is 1.21 bits per heavy atom. The number of phenols is 1. The smallest absolute Gasteiger partial charge is 0.264 e. The minimum atomic E-state index is -0.452. The Bertz CT molecular complexity index is 1280. The Morgan fingerprint density at radius 2 is 1.97 bits per heavy atom. The van der Waals surface area contributed by atoms with Crippen molar-refractivity contribution in [1.82, 2.24) is 14.9 Å². The van der Waals surface area contributed by atoms with E-state index >= 15 is 0 Å². The van der Waals surface area contributed by atoms with Gasteiger partial charge < -0.3 is 24.4 Å². The Hall–Kier alpha value is -3.75. The van der Waals surface area contributed by atoms with E-state index in [-0.39, 0.29) is 16.9 Å². The quantitative estimate of drug-likeness (QED) is 0.527. The number of aliphatic imine (C=N–C) groups is 1. The summed E-state index contributed by atoms with van der Waals surface area (Å²) in [6.07, 6.45) is 0.793. The number of phenolic OH excluding ortho intramolecular Hbond substituents is 1. The zero-order chi connectivity index (χ0) is 24.4. The number of aromatic hydroxyl groups is 1. The van der Waals surface area contributed by atoms with E-state index in [2.05, 4.69) is 51.9 Å². The largest absolute Gasteiger partial charge is 0.504 e. The van der Waals surface area contributed by atoms with Crippen LogP contribution in [0.25, 0.3) is 10.9 Å². The summed E-state index contributed by atoms with van der Waals surface area (Å²) < 4.78 is 10.5. The lowest BCUT2D eigenvalue weighted by atomic mass is 10.1. The molecule has 2 heterocycles. The second kappa shape index (κ2) is 9.62. The van der Waals surface area contributed by atoms with Crippen LogP contribution < -0.4 is 19.9 Å². The normalized spacial score (nSPS) is 13.5. The van der Waals surface area contributed by atoms with Crippen LogP contribution in [0.1, 0.15) is 25.0 Å². The minimum Gasteiger partial charge on any atom is -0.504 e. The number of rotatable bonds is 8. The van der Waals surface area contributed by atoms with Crippen molar-refractivity contribution in [2.45, 2.75) is 32.9 Å². The van der Waals surface area contributed by atoms with Crippen LogP contribution in [0.4, 0.5) is 5.95 Å². The van der Waals surface area contributed by atoms with Gasteiger partial charge in [-0.05, 0) is 25.0 Å². The number of aromatic nitrogens is 2. The summed E-state index contributed by atoms with van der Waals surface area (Å²) in [5.74, 6) is 1.63. The van der Waals surface area contributed by atoms with Gasteiger partial charge in [-0.2, -0.15) is 0 Å². The summed E-state index contributed by atoms with van der Waals surface area (Å²) in [5.41, 5.74) is 2.15. The van der Waals surface area contributed by atoms with Gasteiger partial charge in [-0.25, -0.2) is 4.98 Å². The topological polar surface area (TPSA) is 103 Å². The third kappa shape index (κ3) is 4.50. The molecule has 0 spiro atoms. The Balaban J connectivity index is 1.58. The van der Waals surface area contributed by atoms with Crippen LogP contribution in [0.5, 0.6) is 17.2 Å². The molecule has 34 heavy (non-hydrogen) atoms. The van der Waals surface area contributed by atoms with Gasteiger partial charge in [-0.3, -0.25) is 14.8 Å². The molecule has 0 unspecified atom stereocenters. The fourth-order valence-corrected chi connectivity index (χ4v) is 4.35. The molecule has 0 saturated heterocycles. The molecule has 9 heteroatoms. The third-order valence-electron chi connectivity index (χ3n) is 6.03. The lowest BCUT2D eigenvalue weighted by Gasteiger charge is -2.25. The molecule has 0 aliphatic carbocycles. The van der Waals surface area contributed by atoms with Gasteiger partial charge in [-0.1, -0.05) is 24.3 Å². The van der Waals surface area contributed by atoms with Gasteiger partial charge in [0.05, 0.1) is 26.3 Å². The average Bonchev–Trinajstić information content (AvgIpc) is 3.27. The Kier molecular flexibility index (Phi) is 6.63. The molecule has 2 N–H and O–H groups in total. The zero-order valence-electron chi connectivity index (χ0n) is 20.3. The monoisotopic (exact) mass is 465 g/mol. The van der Waals surface area contributed by atoms with E-state index in [1.165, 1.54) is 19.8 Å². The standard InChI is InChI=1S/C25H31N5O4/c1-15(2)30-10-9-26-20(30)12-16-7-6-8-17(11-16)14-29(3)25-27-18-13-19(33-4)23(34-5)22(31)21(18)24(32)28-25/h6-8,11,13,15,31H,9-10,12,14H2,1-5H3,(H,27,28,32). The second-order valence-corrected chi connectivity index (χ2v) is 8.68. The van der Waals surface area contributed by atoms with Crippen LogP contribution in [0.2, 0.25) is 0 Å². The first-order valence-corrected chi connectivity index (χ1v) is 11.3. The summed E-state index contributed by atoms with van der Waals surface area (Å²) in [5, 5.41) is 10.6. The highest BCUT2D eigenvalue weighted by atomic mass is 16.5. The van der Waals surface area contributed by atoms with Gasteiger partial charge >= 0.3 is 0 Å². The lowest BCUT2D eigenvalue weighted by Crippen LogP contribution is -2.35. The maximum atomic E-state index is 12.8. The molecule has 0 atom stereocenters. The first-order chi connectivity index (χ1) is 16.3. The van der Waals surface area contributed by atoms with E-state index in [0.29, 0.717) is 29.8 Å². The van der Waals surface area contributed by atoms with Crippen molar-refractivity contribution in [2.24, 2.45) is 4.99 Å². The van der Waals surface area contributed by atoms with Gasteiger partial charge in [0.2, 0.25) is 11.7 Å². The number of ether oxygens (including phenoxy) is 2. The summed E-state index contributed by atoms with van der Waals surface area (Å²) in [7, 11) is 4.73. The summed E-state index contributed by atoms with van der Waals surface area (Å²) in [6, 6.07) is 10.4. The number of fused-ring (bicyclic) bond motifs is 1. The third-order valence-corrected chi connectivity index (χ3v) is 6.03. The van der Waals surface area contributed by atoms with Crippen LogP contribution in [0, 0.1) is 0 Å². The second-order valence-electron chi connectivity index (χ2n) is 8.68. The number of nitrogens with one attached hydrogen (secondary N) is 1. The molecule has 1 aromatic heterocycles. The summed E-state index contributed by atoms with van der Waals surface area (Å²) >= 11 is 0. The zero-order valence-corrected chi connectivity index (χ0v) is 20.3. The molecule has 0 fully saturated rings. The predicted octanol–water partition coefficient (Wildman–Crippen LogP) is 2.95. The molecule has 4 rings (SSSR count). The number of anilines is 1. The molecule has 1 aliphatic heterocycles. The molecule has 0 radical (unpaired) electrons. The number of amidine groups is 1. The van der Waals surface area contributed by atoms with Gasteiger partial charge in [0.25, 0.3) is 5.56 Å². The molecule has 180 valence electrons. The minimum absolute atomic E-state index is 0.0591. The molecular weight excluding hydrogens is 434 g/mol. The van der Waals surface area contributed by atoms with Crippen molar-refractivity contribution < 1.29 is 14.6 Å². The highest BCUT2D eigenvalue weighted by Crippen LogP contribution is 2.40. The van der Waals surface area contributed by atoms with Crippen LogP contribution in [-0.2, 0) is 13.0 Å².